The van der Waals surface area contributed by atoms with Gasteiger partial charge in [-0.25, -0.2) is 12.8 Å². The van der Waals surface area contributed by atoms with Crippen LogP contribution in [0.3, 0.4) is 0 Å². The molecule has 0 saturated heterocycles. The number of ether oxygens (including phenoxy) is 1. The quantitative estimate of drug-likeness (QED) is 0.454. The van der Waals surface area contributed by atoms with Gasteiger partial charge in [0.1, 0.15) is 0 Å². The van der Waals surface area contributed by atoms with Crippen LogP contribution in [0.25, 0.3) is 0 Å². The minimum Gasteiger partial charge on any atom is -0.490 e. The number of nitrogens with one attached hydrogen (secondary N) is 2. The molecule has 0 amide bonds. The van der Waals surface area contributed by atoms with Crippen molar-refractivity contribution < 1.29 is 17.5 Å². The fraction of sp³-hybridized carbons (Fsp3) is 0.435. The number of hydrogen-bond acceptors (Lipinski definition) is 4. The molecule has 1 unspecified atom stereocenters. The molecule has 1 atom stereocenters. The van der Waals surface area contributed by atoms with Gasteiger partial charge in [0.15, 0.2) is 27.4 Å². The maximum atomic E-state index is 14.4. The Kier molecular flexibility index (Phi) is 7.54. The first kappa shape index (κ1) is 23.1. The number of nitrogens with zero attached hydrogens (tertiary/aromatic N) is 1. The number of benzene rings is 2. The summed E-state index contributed by atoms with van der Waals surface area (Å²) in [5.41, 5.74) is 1.82. The molecule has 8 heteroatoms. The number of rotatable bonds is 9. The molecule has 1 aliphatic carbocycles. The zero-order valence-electron chi connectivity index (χ0n) is 18.2. The number of sulfone groups is 1. The Hall–Kier alpha value is -2.61. The molecule has 0 heterocycles. The largest absolute Gasteiger partial charge is 0.490 e. The van der Waals surface area contributed by atoms with Crippen molar-refractivity contribution in [3.8, 4) is 5.75 Å². The second kappa shape index (κ2) is 10.1. The molecule has 0 spiro atoms. The monoisotopic (exact) mass is 447 g/mol. The van der Waals surface area contributed by atoms with E-state index in [2.05, 4.69) is 15.6 Å². The van der Waals surface area contributed by atoms with Crippen LogP contribution < -0.4 is 15.4 Å². The molecule has 6 nitrogen and oxygen atoms in total. The Bertz CT molecular complexity index is 1020. The lowest BCUT2D eigenvalue weighted by Gasteiger charge is -2.19. The molecular formula is C23H30FN3O3S. The molecule has 2 aromatic carbocycles. The van der Waals surface area contributed by atoms with E-state index in [4.69, 9.17) is 4.74 Å². The predicted molar refractivity (Wildman–Crippen MR) is 121 cm³/mol. The van der Waals surface area contributed by atoms with E-state index in [1.807, 2.05) is 25.1 Å². The maximum Gasteiger partial charge on any atom is 0.191 e. The highest BCUT2D eigenvalue weighted by atomic mass is 32.2. The van der Waals surface area contributed by atoms with Crippen LogP contribution in [0.1, 0.15) is 36.9 Å². The lowest BCUT2D eigenvalue weighted by molar-refractivity contribution is 0.285. The van der Waals surface area contributed by atoms with Crippen molar-refractivity contribution in [1.29, 1.82) is 0 Å². The van der Waals surface area contributed by atoms with Crippen LogP contribution in [0.2, 0.25) is 0 Å². The minimum absolute atomic E-state index is 0.146. The second-order valence-electron chi connectivity index (χ2n) is 7.98. The van der Waals surface area contributed by atoms with Crippen molar-refractivity contribution in [2.75, 3.05) is 26.5 Å². The molecule has 168 valence electrons. The maximum absolute atomic E-state index is 14.4. The zero-order chi connectivity index (χ0) is 22.4. The summed E-state index contributed by atoms with van der Waals surface area (Å²) in [5, 5.41) is 6.49. The van der Waals surface area contributed by atoms with Crippen LogP contribution in [0, 0.1) is 11.7 Å². The summed E-state index contributed by atoms with van der Waals surface area (Å²) in [6.07, 6.45) is 4.24. The van der Waals surface area contributed by atoms with Gasteiger partial charge in [0.2, 0.25) is 0 Å². The highest BCUT2D eigenvalue weighted by molar-refractivity contribution is 7.90. The molecule has 31 heavy (non-hydrogen) atoms. The fourth-order valence-corrected chi connectivity index (χ4v) is 3.74. The van der Waals surface area contributed by atoms with E-state index in [-0.39, 0.29) is 11.9 Å². The van der Waals surface area contributed by atoms with Crippen molar-refractivity contribution in [1.82, 2.24) is 10.6 Å². The summed E-state index contributed by atoms with van der Waals surface area (Å²) in [6, 6.07) is 11.8. The molecule has 0 aromatic heterocycles. The Morgan fingerprint density at radius 2 is 1.94 bits per heavy atom. The van der Waals surface area contributed by atoms with Crippen molar-refractivity contribution in [2.24, 2.45) is 10.9 Å². The Labute approximate surface area is 183 Å². The first-order valence-corrected chi connectivity index (χ1v) is 12.3. The SMILES string of the molecule is CN=C(NCCc1ccc(S(C)(=O)=O)cc1)NC(C)c1ccc(OCC2CC2)c(F)c1. The van der Waals surface area contributed by atoms with Gasteiger partial charge in [-0.05, 0) is 67.5 Å². The third kappa shape index (κ3) is 6.95. The third-order valence-electron chi connectivity index (χ3n) is 5.26. The van der Waals surface area contributed by atoms with E-state index in [9.17, 15) is 12.8 Å². The first-order chi connectivity index (χ1) is 14.8. The summed E-state index contributed by atoms with van der Waals surface area (Å²) in [4.78, 5) is 4.54. The lowest BCUT2D eigenvalue weighted by atomic mass is 10.1. The van der Waals surface area contributed by atoms with Crippen LogP contribution in [0.15, 0.2) is 52.4 Å². The molecule has 1 saturated carbocycles. The fourth-order valence-electron chi connectivity index (χ4n) is 3.11. The average molecular weight is 448 g/mol. The first-order valence-electron chi connectivity index (χ1n) is 10.4. The Balaban J connectivity index is 1.49. The van der Waals surface area contributed by atoms with Crippen molar-refractivity contribution in [3.05, 3.63) is 59.4 Å². The molecule has 0 aliphatic heterocycles. The topological polar surface area (TPSA) is 79.8 Å². The van der Waals surface area contributed by atoms with E-state index in [1.165, 1.54) is 25.2 Å². The van der Waals surface area contributed by atoms with E-state index in [0.717, 1.165) is 11.1 Å². The van der Waals surface area contributed by atoms with Gasteiger partial charge >= 0.3 is 0 Å². The highest BCUT2D eigenvalue weighted by Gasteiger charge is 2.22. The van der Waals surface area contributed by atoms with Crippen LogP contribution in [-0.2, 0) is 16.3 Å². The number of hydrogen-bond donors (Lipinski definition) is 2. The van der Waals surface area contributed by atoms with Crippen LogP contribution in [0.4, 0.5) is 4.39 Å². The molecule has 2 N–H and O–H groups in total. The van der Waals surface area contributed by atoms with Gasteiger partial charge in [-0.3, -0.25) is 4.99 Å². The van der Waals surface area contributed by atoms with Crippen molar-refractivity contribution in [3.63, 3.8) is 0 Å². The third-order valence-corrected chi connectivity index (χ3v) is 6.39. The normalized spacial score (nSPS) is 15.4. The van der Waals surface area contributed by atoms with E-state index in [1.54, 1.807) is 25.2 Å². The molecule has 1 fully saturated rings. The molecular weight excluding hydrogens is 417 g/mol. The van der Waals surface area contributed by atoms with E-state index >= 15 is 0 Å². The minimum atomic E-state index is -3.19. The van der Waals surface area contributed by atoms with Gasteiger partial charge in [0.05, 0.1) is 17.5 Å². The smallest absolute Gasteiger partial charge is 0.191 e. The summed E-state index contributed by atoms with van der Waals surface area (Å²) in [6.45, 7) is 3.14. The van der Waals surface area contributed by atoms with Gasteiger partial charge < -0.3 is 15.4 Å². The lowest BCUT2D eigenvalue weighted by Crippen LogP contribution is -2.39. The summed E-state index contributed by atoms with van der Waals surface area (Å²) < 4.78 is 43.0. The van der Waals surface area contributed by atoms with Crippen molar-refractivity contribution in [2.45, 2.75) is 37.1 Å². The summed E-state index contributed by atoms with van der Waals surface area (Å²) >= 11 is 0. The van der Waals surface area contributed by atoms with E-state index < -0.39 is 9.84 Å². The van der Waals surface area contributed by atoms with Gasteiger partial charge in [-0.15, -0.1) is 0 Å². The standard InChI is InChI=1S/C23H30FN3O3S/c1-16(19-8-11-22(21(24)14-19)30-15-18-4-5-18)27-23(25-2)26-13-12-17-6-9-20(10-7-17)31(3,28)29/h6-11,14,16,18H,4-5,12-13,15H2,1-3H3,(H2,25,26,27). The van der Waals surface area contributed by atoms with Crippen molar-refractivity contribution >= 4 is 15.8 Å². The molecule has 2 aromatic rings. The number of aliphatic imine (C=N–C) groups is 1. The van der Waals surface area contributed by atoms with E-state index in [0.29, 0.717) is 42.1 Å². The highest BCUT2D eigenvalue weighted by Crippen LogP contribution is 2.30. The Morgan fingerprint density at radius 3 is 2.52 bits per heavy atom. The number of halogens is 1. The zero-order valence-corrected chi connectivity index (χ0v) is 19.0. The van der Waals surface area contributed by atoms with Gasteiger partial charge in [-0.2, -0.15) is 0 Å². The Morgan fingerprint density at radius 1 is 1.23 bits per heavy atom. The molecule has 0 bridgehead atoms. The van der Waals surface area contributed by atoms with Crippen LogP contribution >= 0.6 is 0 Å². The molecule has 0 radical (unpaired) electrons. The van der Waals surface area contributed by atoms with Crippen LogP contribution in [0.5, 0.6) is 5.75 Å². The molecule has 3 rings (SSSR count). The second-order valence-corrected chi connectivity index (χ2v) is 9.99. The number of guanidine groups is 1. The van der Waals surface area contributed by atoms with Gasteiger partial charge in [-0.1, -0.05) is 18.2 Å². The summed E-state index contributed by atoms with van der Waals surface area (Å²) in [5.74, 6) is 1.13. The summed E-state index contributed by atoms with van der Waals surface area (Å²) in [7, 11) is -1.51. The average Bonchev–Trinajstić information content (AvgIpc) is 3.56. The van der Waals surface area contributed by atoms with Crippen LogP contribution in [-0.4, -0.2) is 40.8 Å². The van der Waals surface area contributed by atoms with Gasteiger partial charge in [0, 0.05) is 19.8 Å². The molecule has 1 aliphatic rings. The van der Waals surface area contributed by atoms with Gasteiger partial charge in [0.25, 0.3) is 0 Å². The predicted octanol–water partition coefficient (Wildman–Crippen LogP) is 3.49.